The summed E-state index contributed by atoms with van der Waals surface area (Å²) in [6.07, 6.45) is 0. The first-order chi connectivity index (χ1) is 14.1. The van der Waals surface area contributed by atoms with Gasteiger partial charge in [0.1, 0.15) is 5.75 Å². The Labute approximate surface area is 169 Å². The predicted octanol–water partition coefficient (Wildman–Crippen LogP) is 4.64. The molecule has 0 amide bonds. The maximum atomic E-state index is 12.6. The molecule has 0 aliphatic rings. The van der Waals surface area contributed by atoms with Crippen LogP contribution in [0.5, 0.6) is 5.75 Å². The van der Waals surface area contributed by atoms with Gasteiger partial charge in [0.05, 0.1) is 19.3 Å². The Balaban J connectivity index is 2.05. The van der Waals surface area contributed by atoms with Crippen LogP contribution in [-0.4, -0.2) is 24.3 Å². The summed E-state index contributed by atoms with van der Waals surface area (Å²) < 4.78 is 13.0. The number of aryl methyl sites for hydroxylation is 1. The monoisotopic (exact) mass is 388 g/mol. The highest BCUT2D eigenvalue weighted by Crippen LogP contribution is 2.40. The Kier molecular flexibility index (Phi) is 4.99. The van der Waals surface area contributed by atoms with Crippen molar-refractivity contribution in [1.82, 2.24) is 4.57 Å². The van der Waals surface area contributed by atoms with Gasteiger partial charge < -0.3 is 19.8 Å². The SMILES string of the molecule is CCOC(=O)c1c(CN)n(C)c2cc(-c3cccc4ccccc34)c(OC)cc12. The Bertz CT molecular complexity index is 1220. The van der Waals surface area contributed by atoms with Crippen LogP contribution in [0.4, 0.5) is 0 Å². The molecule has 0 atom stereocenters. The van der Waals surface area contributed by atoms with Crippen molar-refractivity contribution < 1.29 is 14.3 Å². The number of rotatable bonds is 5. The number of fused-ring (bicyclic) bond motifs is 2. The lowest BCUT2D eigenvalue weighted by atomic mass is 9.96. The number of aromatic nitrogens is 1. The van der Waals surface area contributed by atoms with Gasteiger partial charge in [0, 0.05) is 35.8 Å². The second-order valence-corrected chi connectivity index (χ2v) is 6.90. The van der Waals surface area contributed by atoms with Crippen molar-refractivity contribution in [3.63, 3.8) is 0 Å². The fraction of sp³-hybridized carbons (Fsp3) is 0.208. The van der Waals surface area contributed by atoms with Crippen LogP contribution < -0.4 is 10.5 Å². The van der Waals surface area contributed by atoms with Crippen LogP contribution in [0.15, 0.2) is 54.6 Å². The van der Waals surface area contributed by atoms with Gasteiger partial charge in [-0.1, -0.05) is 42.5 Å². The fourth-order valence-electron chi connectivity index (χ4n) is 4.02. The lowest BCUT2D eigenvalue weighted by Gasteiger charge is -2.13. The zero-order valence-electron chi connectivity index (χ0n) is 16.9. The standard InChI is InChI=1S/C24H24N2O3/c1-4-29-24(27)23-19-13-22(28-3)18(12-20(19)26(2)21(23)14-25)17-11-7-9-15-8-5-6-10-16(15)17/h5-13H,4,14,25H2,1-3H3. The van der Waals surface area contributed by atoms with Crippen LogP contribution >= 0.6 is 0 Å². The van der Waals surface area contributed by atoms with Gasteiger partial charge in [-0.05, 0) is 35.4 Å². The first kappa shape index (κ1) is 19.0. The largest absolute Gasteiger partial charge is 0.496 e. The number of methoxy groups -OCH3 is 1. The van der Waals surface area contributed by atoms with E-state index in [2.05, 4.69) is 30.3 Å². The number of benzene rings is 3. The lowest BCUT2D eigenvalue weighted by molar-refractivity contribution is 0.0527. The highest BCUT2D eigenvalue weighted by Gasteiger charge is 2.23. The lowest BCUT2D eigenvalue weighted by Crippen LogP contribution is -2.12. The summed E-state index contributed by atoms with van der Waals surface area (Å²) in [5, 5.41) is 3.09. The topological polar surface area (TPSA) is 66.5 Å². The first-order valence-electron chi connectivity index (χ1n) is 9.65. The van der Waals surface area contributed by atoms with E-state index in [1.54, 1.807) is 14.0 Å². The van der Waals surface area contributed by atoms with E-state index in [1.165, 1.54) is 0 Å². The van der Waals surface area contributed by atoms with Crippen molar-refractivity contribution in [3.05, 3.63) is 65.9 Å². The van der Waals surface area contributed by atoms with Crippen LogP contribution in [0, 0.1) is 0 Å². The van der Waals surface area contributed by atoms with Crippen LogP contribution in [0.1, 0.15) is 23.0 Å². The van der Waals surface area contributed by atoms with E-state index < -0.39 is 0 Å². The van der Waals surface area contributed by atoms with Gasteiger partial charge in [-0.25, -0.2) is 4.79 Å². The van der Waals surface area contributed by atoms with E-state index >= 15 is 0 Å². The quantitative estimate of drug-likeness (QED) is 0.506. The third kappa shape index (κ3) is 3.04. The molecule has 0 aliphatic heterocycles. The van der Waals surface area contributed by atoms with Gasteiger partial charge in [0.25, 0.3) is 0 Å². The smallest absolute Gasteiger partial charge is 0.340 e. The minimum Gasteiger partial charge on any atom is -0.496 e. The number of nitrogens with two attached hydrogens (primary N) is 1. The van der Waals surface area contributed by atoms with Gasteiger partial charge in [0.15, 0.2) is 0 Å². The molecule has 0 bridgehead atoms. The highest BCUT2D eigenvalue weighted by atomic mass is 16.5. The summed E-state index contributed by atoms with van der Waals surface area (Å²) >= 11 is 0. The second kappa shape index (κ2) is 7.60. The molecule has 0 radical (unpaired) electrons. The molecule has 0 saturated heterocycles. The summed E-state index contributed by atoms with van der Waals surface area (Å²) in [7, 11) is 3.57. The molecule has 3 aromatic carbocycles. The third-order valence-corrected chi connectivity index (χ3v) is 5.39. The molecule has 5 heteroatoms. The second-order valence-electron chi connectivity index (χ2n) is 6.90. The Morgan fingerprint density at radius 1 is 1.03 bits per heavy atom. The molecule has 1 aromatic heterocycles. The van der Waals surface area contributed by atoms with Crippen molar-refractivity contribution in [2.24, 2.45) is 12.8 Å². The Hall–Kier alpha value is -3.31. The van der Waals surface area contributed by atoms with Crippen molar-refractivity contribution in [2.75, 3.05) is 13.7 Å². The average Bonchev–Trinajstić information content (AvgIpc) is 3.03. The predicted molar refractivity (Wildman–Crippen MR) is 116 cm³/mol. The zero-order valence-corrected chi connectivity index (χ0v) is 16.9. The van der Waals surface area contributed by atoms with Gasteiger partial charge in [-0.3, -0.25) is 0 Å². The van der Waals surface area contributed by atoms with Crippen molar-refractivity contribution in [2.45, 2.75) is 13.5 Å². The molecule has 0 aliphatic carbocycles. The van der Waals surface area contributed by atoms with Crippen LogP contribution in [0.25, 0.3) is 32.8 Å². The van der Waals surface area contributed by atoms with Gasteiger partial charge in [-0.15, -0.1) is 0 Å². The maximum absolute atomic E-state index is 12.6. The van der Waals surface area contributed by atoms with E-state index in [4.69, 9.17) is 15.2 Å². The number of hydrogen-bond acceptors (Lipinski definition) is 4. The van der Waals surface area contributed by atoms with E-state index in [9.17, 15) is 4.79 Å². The van der Waals surface area contributed by atoms with Crippen molar-refractivity contribution in [3.8, 4) is 16.9 Å². The minimum absolute atomic E-state index is 0.241. The highest BCUT2D eigenvalue weighted by molar-refractivity contribution is 6.09. The summed E-state index contributed by atoms with van der Waals surface area (Å²) in [6, 6.07) is 18.5. The molecule has 4 aromatic rings. The first-order valence-corrected chi connectivity index (χ1v) is 9.65. The molecule has 2 N–H and O–H groups in total. The van der Waals surface area contributed by atoms with E-state index in [0.29, 0.717) is 17.9 Å². The van der Waals surface area contributed by atoms with Gasteiger partial charge in [-0.2, -0.15) is 0 Å². The normalized spacial score (nSPS) is 11.2. The Morgan fingerprint density at radius 2 is 1.79 bits per heavy atom. The zero-order chi connectivity index (χ0) is 20.5. The number of carbonyl (C=O) groups excluding carboxylic acids is 1. The molecule has 0 saturated carbocycles. The molecule has 0 unspecified atom stereocenters. The molecule has 5 nitrogen and oxygen atoms in total. The van der Waals surface area contributed by atoms with Crippen LogP contribution in [-0.2, 0) is 18.3 Å². The molecule has 4 rings (SSSR count). The number of nitrogens with zero attached hydrogens (tertiary/aromatic N) is 1. The number of ether oxygens (including phenoxy) is 2. The van der Waals surface area contributed by atoms with Crippen LogP contribution in [0.3, 0.4) is 0 Å². The summed E-state index contributed by atoms with van der Waals surface area (Å²) in [6.45, 7) is 2.35. The fourth-order valence-corrected chi connectivity index (χ4v) is 4.02. The molecular formula is C24H24N2O3. The molecule has 29 heavy (non-hydrogen) atoms. The number of hydrogen-bond donors (Lipinski definition) is 1. The Morgan fingerprint density at radius 3 is 2.52 bits per heavy atom. The summed E-state index contributed by atoms with van der Waals surface area (Å²) in [5.74, 6) is 0.340. The van der Waals surface area contributed by atoms with Crippen molar-refractivity contribution in [1.29, 1.82) is 0 Å². The van der Waals surface area contributed by atoms with Crippen molar-refractivity contribution >= 4 is 27.6 Å². The average molecular weight is 388 g/mol. The van der Waals surface area contributed by atoms with E-state index in [-0.39, 0.29) is 12.5 Å². The molecular weight excluding hydrogens is 364 g/mol. The third-order valence-electron chi connectivity index (χ3n) is 5.39. The minimum atomic E-state index is -0.362. The van der Waals surface area contributed by atoms with E-state index in [1.807, 2.05) is 35.9 Å². The van der Waals surface area contributed by atoms with Crippen LogP contribution in [0.2, 0.25) is 0 Å². The summed E-state index contributed by atoms with van der Waals surface area (Å²) in [5.41, 5.74) is 10.2. The molecule has 1 heterocycles. The molecule has 0 spiro atoms. The summed E-state index contributed by atoms with van der Waals surface area (Å²) in [4.78, 5) is 12.6. The number of esters is 1. The van der Waals surface area contributed by atoms with E-state index in [0.717, 1.165) is 38.5 Å². The van der Waals surface area contributed by atoms with Gasteiger partial charge >= 0.3 is 5.97 Å². The molecule has 148 valence electrons. The van der Waals surface area contributed by atoms with Gasteiger partial charge in [0.2, 0.25) is 0 Å². The molecule has 0 fully saturated rings. The maximum Gasteiger partial charge on any atom is 0.340 e. The number of carbonyl (C=O) groups is 1.